The molecule has 1 amide bonds. The molecule has 0 saturated carbocycles. The number of benzene rings is 1. The van der Waals surface area contributed by atoms with Crippen LogP contribution in [-0.4, -0.2) is 247 Å². The second-order valence-electron chi connectivity index (χ2n) is 39.7. The van der Waals surface area contributed by atoms with E-state index in [1.165, 1.54) is 282 Å². The molecule has 0 aliphatic carbocycles. The SMILES string of the molecule is CCCCCCCCC1=NCC[N+]1(CCO)C(=O)[O-].CCCCCCCCCCCC[I+]CC(=O)[O-].CCCCCCCCCCCC[N+](C)(C)CC(=O)[O-].CCCCCCCC[N+](C)(C)[O-].CCCCC[N+](CCCCC)(CCCCC)CCCC(=O)[O-].CCCC[N+]1(CC(=O)[O-])CCCCC1.CCCCn1cc[n+](CC(=O)[O-])c1.C[N+](C)(CCCCc1ccccc1)CC(=O)[O-]. The minimum atomic E-state index is -1.13. The van der Waals surface area contributed by atoms with Gasteiger partial charge in [0.2, 0.25) is 12.2 Å². The first kappa shape index (κ1) is 134. The molecule has 0 radical (unpaired) electrons. The van der Waals surface area contributed by atoms with Gasteiger partial charge in [0.05, 0.1) is 157 Å². The molecule has 1 N–H and O–H groups in total. The molecule has 2 aliphatic heterocycles. The lowest BCUT2D eigenvalue weighted by Gasteiger charge is -2.41. The minimum absolute atomic E-state index is 0.0703. The lowest BCUT2D eigenvalue weighted by atomic mass is 10.1. The molecule has 0 bridgehead atoms. The van der Waals surface area contributed by atoms with Gasteiger partial charge in [-0.1, -0.05) is 285 Å². The number of aliphatic hydroxyl groups excluding tert-OH is 1. The van der Waals surface area contributed by atoms with Crippen LogP contribution in [0.4, 0.5) is 4.79 Å². The number of hydrogen-bond donors (Lipinski definition) is 1. The molecule has 4 rings (SSSR count). The maximum absolute atomic E-state index is 11.4. The van der Waals surface area contributed by atoms with Gasteiger partial charge in [0.1, 0.15) is 56.1 Å². The number of amidine groups is 1. The first-order valence-electron chi connectivity index (χ1n) is 53.4. The largest absolute Gasteiger partial charge is 0.633 e. The molecule has 25 nitrogen and oxygen atoms in total. The van der Waals surface area contributed by atoms with E-state index >= 15 is 0 Å². The number of aliphatic hydroxyl groups is 1. The molecule has 1 aromatic heterocycles. The molecule has 2 aromatic rings. The van der Waals surface area contributed by atoms with Crippen molar-refractivity contribution in [3.63, 3.8) is 0 Å². The molecule has 1 atom stereocenters. The average molecular weight is 2000 g/mol. The van der Waals surface area contributed by atoms with Crippen LogP contribution >= 0.6 is 0 Å². The number of alkyl halides is 2. The number of nitrogens with zero attached hydrogens (tertiary/aromatic N) is 9. The highest BCUT2D eigenvalue weighted by Gasteiger charge is 2.40. The van der Waals surface area contributed by atoms with Gasteiger partial charge < -0.3 is 102 Å². The van der Waals surface area contributed by atoms with Crippen molar-refractivity contribution in [2.24, 2.45) is 4.99 Å². The highest BCUT2D eigenvalue weighted by molar-refractivity contribution is 5.85. The summed E-state index contributed by atoms with van der Waals surface area (Å²) in [6.45, 7) is 32.6. The van der Waals surface area contributed by atoms with E-state index in [1.54, 1.807) is 31.2 Å². The Bertz CT molecular complexity index is 3050. The van der Waals surface area contributed by atoms with Crippen molar-refractivity contribution in [3.05, 3.63) is 59.8 Å². The summed E-state index contributed by atoms with van der Waals surface area (Å²) in [6.07, 6.45) is 70.2. The zero-order valence-corrected chi connectivity index (χ0v) is 90.3. The van der Waals surface area contributed by atoms with E-state index in [1.807, 2.05) is 57.2 Å². The number of likely N-dealkylation sites (tertiary alicyclic amines) is 1. The van der Waals surface area contributed by atoms with Crippen LogP contribution in [0.5, 0.6) is 0 Å². The number of aromatic nitrogens is 2. The number of aliphatic carboxylic acids is 6. The summed E-state index contributed by atoms with van der Waals surface area (Å²) in [5, 5.41) is 94.6. The Kier molecular flexibility index (Phi) is 91.4. The van der Waals surface area contributed by atoms with E-state index in [2.05, 4.69) is 79.4 Å². The maximum Gasteiger partial charge on any atom is 0.275 e. The normalized spacial score (nSPS) is 13.9. The van der Waals surface area contributed by atoms with Crippen LogP contribution in [0.3, 0.4) is 0 Å². The number of hydroxylamine groups is 3. The van der Waals surface area contributed by atoms with E-state index in [-0.39, 0.29) is 76.1 Å². The number of amides is 1. The van der Waals surface area contributed by atoms with Crippen LogP contribution < -0.4 is 61.5 Å². The third kappa shape index (κ3) is 88.0. The zero-order chi connectivity index (χ0) is 100. The van der Waals surface area contributed by atoms with Crippen LogP contribution in [-0.2, 0) is 48.3 Å². The third-order valence-corrected chi connectivity index (χ3v) is 27.7. The first-order chi connectivity index (χ1) is 63.5. The number of likely N-dealkylation sites (N-methyl/N-ethyl adjacent to an activating group) is 2. The molecule has 0 spiro atoms. The number of carboxylic acids is 6. The van der Waals surface area contributed by atoms with Crippen LogP contribution in [0.25, 0.3) is 0 Å². The number of aliphatic imine (C=N–C) groups is 1. The number of quaternary nitrogens is 6. The molecule has 1 saturated heterocycles. The van der Waals surface area contributed by atoms with Gasteiger partial charge in [0, 0.05) is 18.8 Å². The van der Waals surface area contributed by atoms with Gasteiger partial charge in [-0.15, -0.1) is 0 Å². The van der Waals surface area contributed by atoms with E-state index in [4.69, 9.17) is 5.11 Å². The van der Waals surface area contributed by atoms with Crippen molar-refractivity contribution < 1.29 is 127 Å². The second kappa shape index (κ2) is 90.6. The fourth-order valence-corrected chi connectivity index (χ4v) is 18.9. The summed E-state index contributed by atoms with van der Waals surface area (Å²) in [5.74, 6) is -4.93. The number of hydrogen-bond acceptors (Lipinski definition) is 17. The summed E-state index contributed by atoms with van der Waals surface area (Å²) in [7, 11) is 11.2. The summed E-state index contributed by atoms with van der Waals surface area (Å²) in [5.41, 5.74) is 1.35. The van der Waals surface area contributed by atoms with Crippen molar-refractivity contribution in [1.82, 2.24) is 4.57 Å². The minimum Gasteiger partial charge on any atom is -0.633 e. The van der Waals surface area contributed by atoms with Gasteiger partial charge in [0.15, 0.2) is 4.43 Å². The molecule has 1 unspecified atom stereocenters. The molecular formula is C107H204IN9O16. The lowest BCUT2D eigenvalue weighted by molar-refractivity contribution is -0.929. The van der Waals surface area contributed by atoms with Crippen molar-refractivity contribution in [3.8, 4) is 0 Å². The zero-order valence-electron chi connectivity index (χ0n) is 88.1. The van der Waals surface area contributed by atoms with Crippen LogP contribution in [0.2, 0.25) is 0 Å². The predicted octanol–water partition coefficient (Wildman–Crippen LogP) is 11.3. The number of unbranched alkanes of at least 4 members (excludes halogenated alkanes) is 37. The van der Waals surface area contributed by atoms with Crippen LogP contribution in [0.1, 0.15) is 408 Å². The highest BCUT2D eigenvalue weighted by atomic mass is 127. The standard InChI is InChI=1S/C19H39NO2.C16H33NO2.C14H27IO2.C14H26N2O3.C14H21NO2.C11H21NO2.C10H23NO.C9H14N2O2/c1-4-7-10-15-20(16-11-8-5-2,17-12-9-6-3)18-13-14-19(21)22;1-4-5-6-7-8-9-10-11-12-13-14-17(2,3)15-16(18)19;1-2-3-4-5-6-7-8-9-10-11-12-15-13-14(16)17;1-2-3-4-5-6-7-8-13-15-9-10-16(13,11-12-17)14(18)19;1-15(2,12-14(16)17)11-7-6-10-13-8-4-3-5-9-13;1-2-3-7-12(10-11(13)14)8-5-4-6-9-12;1-4-5-6-7-8-9-10-11(2,3)12;1-2-3-4-10-5-6-11(8-10)7-9(12)13/h4-18H2,1-3H3;4-15H2,1-3H3;2-13H2,1H3;17H,2-12H2,1H3;3-5,8-9H,6-7,10-12H2,1-2H3;2-10H2,1H3;4-10H2,1-3H3;5-6,8H,2-4,7H2,1H3. The molecule has 1 fully saturated rings. The van der Waals surface area contributed by atoms with Gasteiger partial charge in [-0.05, 0) is 147 Å². The number of carbonyl (C=O) groups is 7. The summed E-state index contributed by atoms with van der Waals surface area (Å²) < 4.78 is 7.65. The number of aryl methyl sites for hydroxylation is 2. The molecule has 3 heterocycles. The second-order valence-corrected chi connectivity index (χ2v) is 42.6. The third-order valence-electron chi connectivity index (χ3n) is 25.0. The van der Waals surface area contributed by atoms with Crippen molar-refractivity contribution in [2.45, 2.75) is 422 Å². The van der Waals surface area contributed by atoms with Crippen molar-refractivity contribution in [1.29, 1.82) is 0 Å². The highest BCUT2D eigenvalue weighted by Crippen LogP contribution is 2.24. The Balaban J connectivity index is -0.000000719. The molecule has 780 valence electrons. The quantitative estimate of drug-likeness (QED) is 0.0161. The van der Waals surface area contributed by atoms with E-state index in [0.717, 1.165) is 143 Å². The summed E-state index contributed by atoms with van der Waals surface area (Å²) >= 11 is -0.114. The fourth-order valence-electron chi connectivity index (χ4n) is 17.0. The average Bonchev–Trinajstić information content (AvgIpc) is 1.52. The van der Waals surface area contributed by atoms with E-state index in [9.17, 15) is 74.5 Å². The number of imidazole rings is 1. The van der Waals surface area contributed by atoms with E-state index in [0.29, 0.717) is 38.7 Å². The van der Waals surface area contributed by atoms with Crippen molar-refractivity contribution in [2.75, 3.05) is 162 Å². The smallest absolute Gasteiger partial charge is 0.275 e. The van der Waals surface area contributed by atoms with Crippen LogP contribution in [0, 0.1) is 5.21 Å². The predicted molar refractivity (Wildman–Crippen MR) is 529 cm³/mol. The number of rotatable bonds is 75. The Morgan fingerprint density at radius 3 is 1.20 bits per heavy atom. The Morgan fingerprint density at radius 1 is 0.414 bits per heavy atom. The maximum atomic E-state index is 11.4. The Labute approximate surface area is 823 Å². The number of piperidine rings is 1. The lowest BCUT2D eigenvalue weighted by Crippen LogP contribution is -3.64. The Hall–Kier alpha value is -5.20. The topological polar surface area (TPSA) is 345 Å². The summed E-state index contributed by atoms with van der Waals surface area (Å²) in [6, 6.07) is 10.4. The number of halogens is 1. The molecular weight excluding hydrogens is 1790 g/mol. The summed E-state index contributed by atoms with van der Waals surface area (Å²) in [4.78, 5) is 78.7. The van der Waals surface area contributed by atoms with Gasteiger partial charge in [-0.25, -0.2) is 18.6 Å². The van der Waals surface area contributed by atoms with E-state index < -0.39 is 41.9 Å². The van der Waals surface area contributed by atoms with Gasteiger partial charge in [-0.3, -0.25) is 0 Å². The number of carbonyl (C=O) groups excluding carboxylic acids is 7. The first-order valence-corrected chi connectivity index (χ1v) is 56.5. The van der Waals surface area contributed by atoms with Gasteiger partial charge in [-0.2, -0.15) is 0 Å². The molecule has 2 aliphatic rings. The Morgan fingerprint density at radius 2 is 0.805 bits per heavy atom. The van der Waals surface area contributed by atoms with Gasteiger partial charge in [0.25, 0.3) is 27.3 Å². The fraction of sp³-hybridized carbons (Fsp3) is 0.841. The van der Waals surface area contributed by atoms with Crippen molar-refractivity contribution >= 4 is 47.7 Å². The molecule has 1 aromatic carbocycles. The number of carboxylic acid groups (broad SMARTS) is 7. The van der Waals surface area contributed by atoms with Gasteiger partial charge >= 0.3 is 0 Å². The molecule has 26 heteroatoms. The monoisotopic (exact) mass is 2000 g/mol. The molecule has 133 heavy (non-hydrogen) atoms. The van der Waals surface area contributed by atoms with Crippen LogP contribution in [0.15, 0.2) is 54.0 Å².